The van der Waals surface area contributed by atoms with Crippen LogP contribution in [-0.4, -0.2) is 36.7 Å². The summed E-state index contributed by atoms with van der Waals surface area (Å²) in [5.41, 5.74) is 0.940. The molecule has 6 nitrogen and oxygen atoms in total. The molecule has 1 fully saturated rings. The summed E-state index contributed by atoms with van der Waals surface area (Å²) < 4.78 is 39.6. The first-order valence-electron chi connectivity index (χ1n) is 8.79. The number of piperidine rings is 1. The Hall–Kier alpha value is -1.84. The highest BCUT2D eigenvalue weighted by Crippen LogP contribution is 2.26. The molecule has 146 valence electrons. The van der Waals surface area contributed by atoms with E-state index in [0.717, 1.165) is 17.8 Å². The van der Waals surface area contributed by atoms with Gasteiger partial charge in [0.05, 0.1) is 10.6 Å². The van der Waals surface area contributed by atoms with Crippen LogP contribution >= 0.6 is 11.3 Å². The van der Waals surface area contributed by atoms with Crippen molar-refractivity contribution in [1.82, 2.24) is 9.29 Å². The van der Waals surface area contributed by atoms with E-state index in [0.29, 0.717) is 23.9 Å². The number of halogens is 1. The van der Waals surface area contributed by atoms with E-state index in [2.05, 4.69) is 10.3 Å². The summed E-state index contributed by atoms with van der Waals surface area (Å²) >= 11 is 1.39. The van der Waals surface area contributed by atoms with Crippen LogP contribution in [0.2, 0.25) is 0 Å². The van der Waals surface area contributed by atoms with Crippen molar-refractivity contribution in [2.24, 2.45) is 5.92 Å². The average Bonchev–Trinajstić information content (AvgIpc) is 3.11. The van der Waals surface area contributed by atoms with Crippen LogP contribution in [-0.2, 0) is 14.8 Å². The van der Waals surface area contributed by atoms with E-state index >= 15 is 0 Å². The zero-order valence-corrected chi connectivity index (χ0v) is 16.8. The molecule has 0 saturated carbocycles. The van der Waals surface area contributed by atoms with Crippen LogP contribution in [0.3, 0.4) is 0 Å². The molecule has 1 amide bonds. The lowest BCUT2D eigenvalue weighted by Crippen LogP contribution is -2.41. The third kappa shape index (κ3) is 4.53. The van der Waals surface area contributed by atoms with Gasteiger partial charge in [-0.15, -0.1) is 11.3 Å². The van der Waals surface area contributed by atoms with Gasteiger partial charge in [-0.3, -0.25) is 4.79 Å². The van der Waals surface area contributed by atoms with Gasteiger partial charge in [0, 0.05) is 24.4 Å². The standard InChI is InChI=1S/C18H22FN3O3S2/c1-12(2)16-11-26-18(20-16)21-17(23)13-7-9-22(10-8-13)27(24,25)15-5-3-14(19)4-6-15/h3-6,11-13H,7-10H2,1-2H3,(H,20,21,23). The number of carbonyl (C=O) groups excluding carboxylic acids is 1. The monoisotopic (exact) mass is 411 g/mol. The third-order valence-electron chi connectivity index (χ3n) is 4.62. The van der Waals surface area contributed by atoms with Gasteiger partial charge >= 0.3 is 0 Å². The zero-order chi connectivity index (χ0) is 19.6. The summed E-state index contributed by atoms with van der Waals surface area (Å²) in [6.07, 6.45) is 0.878. The van der Waals surface area contributed by atoms with E-state index in [9.17, 15) is 17.6 Å². The van der Waals surface area contributed by atoms with E-state index < -0.39 is 15.8 Å². The SMILES string of the molecule is CC(C)c1csc(NC(=O)C2CCN(S(=O)(=O)c3ccc(F)cc3)CC2)n1. The Morgan fingerprint density at radius 2 is 1.89 bits per heavy atom. The van der Waals surface area contributed by atoms with Gasteiger partial charge in [-0.25, -0.2) is 17.8 Å². The second kappa shape index (κ2) is 8.04. The van der Waals surface area contributed by atoms with Gasteiger partial charge in [-0.05, 0) is 43.0 Å². The van der Waals surface area contributed by atoms with Crippen LogP contribution in [0.1, 0.15) is 38.3 Å². The summed E-state index contributed by atoms with van der Waals surface area (Å²) in [6, 6.07) is 4.79. The molecule has 1 aliphatic rings. The van der Waals surface area contributed by atoms with Crippen LogP contribution in [0.25, 0.3) is 0 Å². The Morgan fingerprint density at radius 3 is 2.44 bits per heavy atom. The molecule has 1 aromatic carbocycles. The first kappa shape index (κ1) is 19.9. The number of sulfonamides is 1. The van der Waals surface area contributed by atoms with Gasteiger partial charge in [0.2, 0.25) is 15.9 Å². The molecule has 0 unspecified atom stereocenters. The molecular weight excluding hydrogens is 389 g/mol. The predicted molar refractivity (Wildman–Crippen MR) is 103 cm³/mol. The minimum atomic E-state index is -3.67. The fourth-order valence-electron chi connectivity index (χ4n) is 2.93. The smallest absolute Gasteiger partial charge is 0.243 e. The van der Waals surface area contributed by atoms with E-state index in [1.54, 1.807) is 0 Å². The first-order valence-corrected chi connectivity index (χ1v) is 11.1. The highest BCUT2D eigenvalue weighted by atomic mass is 32.2. The molecule has 2 aromatic rings. The van der Waals surface area contributed by atoms with Crippen LogP contribution in [0.4, 0.5) is 9.52 Å². The molecule has 1 aromatic heterocycles. The molecule has 0 aliphatic carbocycles. The topological polar surface area (TPSA) is 79.4 Å². The highest BCUT2D eigenvalue weighted by molar-refractivity contribution is 7.89. The number of rotatable bonds is 5. The van der Waals surface area contributed by atoms with E-state index in [4.69, 9.17) is 0 Å². The van der Waals surface area contributed by atoms with Gasteiger partial charge < -0.3 is 5.32 Å². The number of thiazole rings is 1. The quantitative estimate of drug-likeness (QED) is 0.817. The molecule has 27 heavy (non-hydrogen) atoms. The number of benzene rings is 1. The van der Waals surface area contributed by atoms with Gasteiger partial charge in [0.25, 0.3) is 0 Å². The molecule has 2 heterocycles. The fraction of sp³-hybridized carbons (Fsp3) is 0.444. The van der Waals surface area contributed by atoms with Gasteiger partial charge in [0.1, 0.15) is 5.82 Å². The lowest BCUT2D eigenvalue weighted by atomic mass is 9.97. The number of hydrogen-bond acceptors (Lipinski definition) is 5. The molecule has 1 N–H and O–H groups in total. The Labute approximate surface area is 162 Å². The van der Waals surface area contributed by atoms with Gasteiger partial charge in [-0.1, -0.05) is 13.8 Å². The molecule has 1 saturated heterocycles. The summed E-state index contributed by atoms with van der Waals surface area (Å²) in [5.74, 6) is -0.562. The lowest BCUT2D eigenvalue weighted by molar-refractivity contribution is -0.120. The molecule has 1 aliphatic heterocycles. The molecular formula is C18H22FN3O3S2. The van der Waals surface area contributed by atoms with Crippen molar-refractivity contribution in [1.29, 1.82) is 0 Å². The second-order valence-electron chi connectivity index (χ2n) is 6.85. The number of amides is 1. The Morgan fingerprint density at radius 1 is 1.26 bits per heavy atom. The zero-order valence-electron chi connectivity index (χ0n) is 15.2. The van der Waals surface area contributed by atoms with Gasteiger partial charge in [0.15, 0.2) is 5.13 Å². The Bertz CT molecular complexity index is 902. The summed E-state index contributed by atoms with van der Waals surface area (Å²) in [6.45, 7) is 4.59. The summed E-state index contributed by atoms with van der Waals surface area (Å²) in [5, 5.41) is 5.34. The normalized spacial score (nSPS) is 16.6. The molecule has 3 rings (SSSR count). The predicted octanol–water partition coefficient (Wildman–Crippen LogP) is 3.45. The van der Waals surface area contributed by atoms with Crippen molar-refractivity contribution < 1.29 is 17.6 Å². The van der Waals surface area contributed by atoms with Crippen LogP contribution < -0.4 is 5.32 Å². The van der Waals surface area contributed by atoms with E-state index in [1.807, 2.05) is 19.2 Å². The number of hydrogen-bond donors (Lipinski definition) is 1. The molecule has 0 radical (unpaired) electrons. The van der Waals surface area contributed by atoms with Crippen molar-refractivity contribution in [3.8, 4) is 0 Å². The van der Waals surface area contributed by atoms with E-state index in [-0.39, 0.29) is 29.8 Å². The Kier molecular flexibility index (Phi) is 5.92. The third-order valence-corrected chi connectivity index (χ3v) is 7.31. The van der Waals surface area contributed by atoms with Crippen LogP contribution in [0, 0.1) is 11.7 Å². The first-order chi connectivity index (χ1) is 12.8. The maximum absolute atomic E-state index is 13.0. The van der Waals surface area contributed by atoms with Crippen molar-refractivity contribution >= 4 is 32.4 Å². The van der Waals surface area contributed by atoms with Crippen molar-refractivity contribution in [3.05, 3.63) is 41.2 Å². The van der Waals surface area contributed by atoms with E-state index in [1.165, 1.54) is 27.8 Å². The molecule has 0 bridgehead atoms. The van der Waals surface area contributed by atoms with Gasteiger partial charge in [-0.2, -0.15) is 4.31 Å². The largest absolute Gasteiger partial charge is 0.302 e. The number of nitrogens with zero attached hydrogens (tertiary/aromatic N) is 2. The highest BCUT2D eigenvalue weighted by Gasteiger charge is 2.32. The Balaban J connectivity index is 1.59. The number of nitrogens with one attached hydrogen (secondary N) is 1. The molecule has 9 heteroatoms. The summed E-state index contributed by atoms with van der Waals surface area (Å²) in [7, 11) is -3.67. The summed E-state index contributed by atoms with van der Waals surface area (Å²) in [4.78, 5) is 16.9. The maximum atomic E-state index is 13.0. The van der Waals surface area contributed by atoms with Crippen molar-refractivity contribution in [3.63, 3.8) is 0 Å². The molecule has 0 spiro atoms. The number of anilines is 1. The maximum Gasteiger partial charge on any atom is 0.243 e. The fourth-order valence-corrected chi connectivity index (χ4v) is 5.27. The second-order valence-corrected chi connectivity index (χ2v) is 9.65. The average molecular weight is 412 g/mol. The van der Waals surface area contributed by atoms with Crippen LogP contribution in [0.5, 0.6) is 0 Å². The molecule has 0 atom stereocenters. The lowest BCUT2D eigenvalue weighted by Gasteiger charge is -2.30. The van der Waals surface area contributed by atoms with Crippen molar-refractivity contribution in [2.45, 2.75) is 37.5 Å². The minimum Gasteiger partial charge on any atom is -0.302 e. The minimum absolute atomic E-state index is 0.0656. The number of carbonyl (C=O) groups is 1. The van der Waals surface area contributed by atoms with Crippen molar-refractivity contribution in [2.75, 3.05) is 18.4 Å². The van der Waals surface area contributed by atoms with Crippen LogP contribution in [0.15, 0.2) is 34.5 Å². The number of aromatic nitrogens is 1.